The summed E-state index contributed by atoms with van der Waals surface area (Å²) < 4.78 is 75.0. The number of benzene rings is 1. The molecule has 0 heterocycles. The first-order valence-electron chi connectivity index (χ1n) is 3.94. The van der Waals surface area contributed by atoms with Crippen molar-refractivity contribution in [3.63, 3.8) is 0 Å². The van der Waals surface area contributed by atoms with Gasteiger partial charge in [-0.1, -0.05) is 28.5 Å². The summed E-state index contributed by atoms with van der Waals surface area (Å²) in [7, 11) is 0. The molecule has 1 aromatic rings. The lowest BCUT2D eigenvalue weighted by molar-refractivity contribution is -0.141. The highest BCUT2D eigenvalue weighted by Gasteiger charge is 2.42. The van der Waals surface area contributed by atoms with Crippen molar-refractivity contribution in [2.75, 3.05) is 0 Å². The van der Waals surface area contributed by atoms with Crippen LogP contribution in [0.2, 0.25) is 0 Å². The zero-order valence-electron chi connectivity index (χ0n) is 7.70. The Hall–Kier alpha value is -0.190. The van der Waals surface area contributed by atoms with Crippen LogP contribution in [0.4, 0.5) is 26.3 Å². The predicted octanol–water partition coefficient (Wildman–Crippen LogP) is 5.14. The summed E-state index contributed by atoms with van der Waals surface area (Å²) in [6.45, 7) is -2.56. The monoisotopic (exact) mass is 314 g/mol. The third kappa shape index (κ3) is 3.39. The molecule has 0 nitrogen and oxygen atoms in total. The van der Waals surface area contributed by atoms with E-state index in [2.05, 4.69) is 0 Å². The Morgan fingerprint density at radius 1 is 0.824 bits per heavy atom. The molecule has 0 unspecified atom stereocenters. The summed E-state index contributed by atoms with van der Waals surface area (Å²) >= 11 is 10.5. The summed E-state index contributed by atoms with van der Waals surface area (Å²) in [5.74, 6) is 0. The van der Waals surface area contributed by atoms with Crippen LogP contribution in [0, 0.1) is 0 Å². The molecule has 0 N–H and O–H groups in total. The van der Waals surface area contributed by atoms with E-state index in [0.29, 0.717) is 18.2 Å². The first kappa shape index (κ1) is 14.9. The Bertz CT molecular complexity index is 379. The summed E-state index contributed by atoms with van der Waals surface area (Å²) in [6, 6.07) is 1.71. The Morgan fingerprint density at radius 2 is 1.18 bits per heavy atom. The summed E-state index contributed by atoms with van der Waals surface area (Å²) in [5, 5.41) is -1.11. The average Bonchev–Trinajstić information content (AvgIpc) is 2.13. The van der Waals surface area contributed by atoms with E-state index in [1.54, 1.807) is 0 Å². The van der Waals surface area contributed by atoms with Gasteiger partial charge in [0.1, 0.15) is 6.63 Å². The minimum Gasteiger partial charge on any atom is -0.166 e. The molecule has 9 heteroatoms. The van der Waals surface area contributed by atoms with Gasteiger partial charge in [0.05, 0.1) is 11.1 Å². The SMILES string of the molecule is FC(F)(F)c1cccc(C(F)(F)F)c1P(Cl)Cl. The van der Waals surface area contributed by atoms with Gasteiger partial charge in [-0.05, 0) is 12.1 Å². The van der Waals surface area contributed by atoms with E-state index in [1.807, 2.05) is 0 Å². The van der Waals surface area contributed by atoms with Crippen LogP contribution < -0.4 is 5.30 Å². The van der Waals surface area contributed by atoms with Crippen molar-refractivity contribution >= 4 is 34.4 Å². The van der Waals surface area contributed by atoms with Crippen molar-refractivity contribution in [3.05, 3.63) is 29.3 Å². The number of rotatable bonds is 1. The molecule has 0 aliphatic carbocycles. The van der Waals surface area contributed by atoms with E-state index in [1.165, 1.54) is 0 Å². The fraction of sp³-hybridized carbons (Fsp3) is 0.250. The molecule has 0 aliphatic heterocycles. The molecule has 0 radical (unpaired) electrons. The average molecular weight is 315 g/mol. The zero-order valence-corrected chi connectivity index (χ0v) is 10.1. The maximum atomic E-state index is 12.5. The third-order valence-corrected chi connectivity index (χ3v) is 3.65. The largest absolute Gasteiger partial charge is 0.417 e. The van der Waals surface area contributed by atoms with Crippen molar-refractivity contribution in [3.8, 4) is 0 Å². The molecule has 0 fully saturated rings. The topological polar surface area (TPSA) is 0 Å². The van der Waals surface area contributed by atoms with Crippen molar-refractivity contribution in [1.29, 1.82) is 0 Å². The number of halogens is 8. The normalized spacial score (nSPS) is 13.2. The molecule has 96 valence electrons. The van der Waals surface area contributed by atoms with Gasteiger partial charge in [0.25, 0.3) is 0 Å². The second-order valence-corrected chi connectivity index (χ2v) is 6.39. The van der Waals surface area contributed by atoms with Gasteiger partial charge in [0.2, 0.25) is 0 Å². The first-order valence-corrected chi connectivity index (χ1v) is 7.09. The molecule has 0 spiro atoms. The van der Waals surface area contributed by atoms with E-state index in [0.717, 1.165) is 0 Å². The van der Waals surface area contributed by atoms with Gasteiger partial charge in [0, 0.05) is 5.30 Å². The van der Waals surface area contributed by atoms with Gasteiger partial charge in [-0.3, -0.25) is 0 Å². The fourth-order valence-electron chi connectivity index (χ4n) is 1.18. The zero-order chi connectivity index (χ0) is 13.4. The van der Waals surface area contributed by atoms with Gasteiger partial charge in [-0.2, -0.15) is 26.3 Å². The molecule has 1 aromatic carbocycles. The highest BCUT2D eigenvalue weighted by atomic mass is 35.9. The quantitative estimate of drug-likeness (QED) is 0.497. The van der Waals surface area contributed by atoms with Crippen LogP contribution in [0.15, 0.2) is 18.2 Å². The maximum Gasteiger partial charge on any atom is 0.417 e. The number of hydrogen-bond acceptors (Lipinski definition) is 0. The van der Waals surface area contributed by atoms with E-state index < -0.39 is 35.4 Å². The highest BCUT2D eigenvalue weighted by molar-refractivity contribution is 8.09. The Balaban J connectivity index is 3.55. The van der Waals surface area contributed by atoms with Crippen LogP contribution in [-0.2, 0) is 12.4 Å². The lowest BCUT2D eigenvalue weighted by Gasteiger charge is -2.18. The highest BCUT2D eigenvalue weighted by Crippen LogP contribution is 2.51. The van der Waals surface area contributed by atoms with E-state index in [9.17, 15) is 26.3 Å². The minimum absolute atomic E-state index is 0.519. The molecule has 0 saturated heterocycles. The second-order valence-electron chi connectivity index (χ2n) is 2.93. The van der Waals surface area contributed by atoms with Crippen LogP contribution in [0.3, 0.4) is 0 Å². The molecular weight excluding hydrogens is 312 g/mol. The molecule has 0 aromatic heterocycles. The van der Waals surface area contributed by atoms with E-state index in [-0.39, 0.29) is 0 Å². The minimum atomic E-state index is -4.93. The van der Waals surface area contributed by atoms with Gasteiger partial charge in [-0.15, -0.1) is 0 Å². The molecule has 0 saturated carbocycles. The lowest BCUT2D eigenvalue weighted by Crippen LogP contribution is -2.24. The smallest absolute Gasteiger partial charge is 0.166 e. The van der Waals surface area contributed by atoms with Crippen LogP contribution in [0.1, 0.15) is 11.1 Å². The summed E-state index contributed by atoms with van der Waals surface area (Å²) in [6.07, 6.45) is -9.86. The van der Waals surface area contributed by atoms with Gasteiger partial charge in [-0.25, -0.2) is 0 Å². The molecule has 0 bridgehead atoms. The molecule has 0 aliphatic rings. The van der Waals surface area contributed by atoms with Crippen LogP contribution >= 0.6 is 29.1 Å². The van der Waals surface area contributed by atoms with Crippen molar-refractivity contribution < 1.29 is 26.3 Å². The van der Waals surface area contributed by atoms with Gasteiger partial charge >= 0.3 is 12.4 Å². The van der Waals surface area contributed by atoms with Crippen LogP contribution in [0.25, 0.3) is 0 Å². The predicted molar refractivity (Wildman–Crippen MR) is 54.7 cm³/mol. The number of alkyl halides is 6. The third-order valence-electron chi connectivity index (χ3n) is 1.82. The van der Waals surface area contributed by atoms with E-state index >= 15 is 0 Å². The standard InChI is InChI=1S/C8H3Cl2F6P/c9-17(10)6-4(7(11,12)13)2-1-3-5(6)8(14,15)16/h1-3H. The van der Waals surface area contributed by atoms with E-state index in [4.69, 9.17) is 22.5 Å². The molecule has 1 rings (SSSR count). The Morgan fingerprint density at radius 3 is 1.41 bits per heavy atom. The Labute approximate surface area is 103 Å². The van der Waals surface area contributed by atoms with Crippen molar-refractivity contribution in [1.82, 2.24) is 0 Å². The van der Waals surface area contributed by atoms with Crippen molar-refractivity contribution in [2.24, 2.45) is 0 Å². The molecule has 17 heavy (non-hydrogen) atoms. The fourth-order valence-corrected chi connectivity index (χ4v) is 3.04. The second kappa shape index (κ2) is 4.82. The van der Waals surface area contributed by atoms with Crippen molar-refractivity contribution in [2.45, 2.75) is 12.4 Å². The van der Waals surface area contributed by atoms with Gasteiger partial charge < -0.3 is 0 Å². The number of hydrogen-bond donors (Lipinski definition) is 0. The molecule has 0 amide bonds. The molecule has 0 atom stereocenters. The lowest BCUT2D eigenvalue weighted by atomic mass is 10.1. The first-order chi connectivity index (χ1) is 7.55. The maximum absolute atomic E-state index is 12.5. The molecular formula is C8H3Cl2F6P. The van der Waals surface area contributed by atoms with Crippen LogP contribution in [0.5, 0.6) is 0 Å². The van der Waals surface area contributed by atoms with Gasteiger partial charge in [0.15, 0.2) is 0 Å². The summed E-state index contributed by atoms with van der Waals surface area (Å²) in [5.41, 5.74) is -2.91. The summed E-state index contributed by atoms with van der Waals surface area (Å²) in [4.78, 5) is 0. The van der Waals surface area contributed by atoms with Crippen LogP contribution in [-0.4, -0.2) is 0 Å². The Kier molecular flexibility index (Phi) is 4.22.